The van der Waals surface area contributed by atoms with Crippen molar-refractivity contribution in [2.24, 2.45) is 5.73 Å². The molecule has 0 aliphatic carbocycles. The third kappa shape index (κ3) is 2.32. The molecule has 5 heteroatoms. The van der Waals surface area contributed by atoms with Gasteiger partial charge in [-0.1, -0.05) is 0 Å². The Balaban J connectivity index is 2.49. The highest BCUT2D eigenvalue weighted by atomic mass is 16.5. The fourth-order valence-corrected chi connectivity index (χ4v) is 1.50. The Hall–Kier alpha value is -0.810. The van der Waals surface area contributed by atoms with E-state index in [1.165, 1.54) is 7.11 Å². The number of rotatable bonds is 1. The van der Waals surface area contributed by atoms with Crippen LogP contribution in [-0.2, 0) is 4.74 Å². The van der Waals surface area contributed by atoms with E-state index < -0.39 is 0 Å². The molecule has 1 amide bonds. The van der Waals surface area contributed by atoms with Crippen molar-refractivity contribution in [3.05, 3.63) is 0 Å². The van der Waals surface area contributed by atoms with E-state index in [0.29, 0.717) is 13.1 Å². The van der Waals surface area contributed by atoms with Gasteiger partial charge in [0.2, 0.25) is 0 Å². The lowest BCUT2D eigenvalue weighted by Crippen LogP contribution is -2.55. The molecule has 2 N–H and O–H groups in total. The Kier molecular flexibility index (Phi) is 3.50. The van der Waals surface area contributed by atoms with Crippen molar-refractivity contribution in [3.8, 4) is 0 Å². The van der Waals surface area contributed by atoms with Crippen LogP contribution in [0.4, 0.5) is 4.79 Å². The quantitative estimate of drug-likeness (QED) is 0.591. The van der Waals surface area contributed by atoms with Crippen LogP contribution in [0.3, 0.4) is 0 Å². The van der Waals surface area contributed by atoms with Gasteiger partial charge in [0.15, 0.2) is 0 Å². The van der Waals surface area contributed by atoms with Gasteiger partial charge in [-0.15, -0.1) is 0 Å². The van der Waals surface area contributed by atoms with Gasteiger partial charge in [-0.25, -0.2) is 4.79 Å². The van der Waals surface area contributed by atoms with E-state index in [0.717, 1.165) is 13.1 Å². The van der Waals surface area contributed by atoms with Crippen LogP contribution in [0.15, 0.2) is 0 Å². The van der Waals surface area contributed by atoms with Crippen LogP contribution in [-0.4, -0.2) is 62.3 Å². The van der Waals surface area contributed by atoms with Gasteiger partial charge in [0, 0.05) is 32.2 Å². The summed E-state index contributed by atoms with van der Waals surface area (Å²) in [4.78, 5) is 15.0. The number of nitrogens with two attached hydrogens (primary N) is 1. The summed E-state index contributed by atoms with van der Waals surface area (Å²) in [5.74, 6) is 0. The molecule has 1 fully saturated rings. The number of amides is 1. The van der Waals surface area contributed by atoms with Gasteiger partial charge in [0.1, 0.15) is 0 Å². The SMILES string of the molecule is COC(=O)N1CCN(C)C(CN)C1. The van der Waals surface area contributed by atoms with Crippen molar-refractivity contribution in [2.75, 3.05) is 40.3 Å². The number of likely N-dealkylation sites (N-methyl/N-ethyl adjacent to an activating group) is 1. The minimum absolute atomic E-state index is 0.257. The van der Waals surface area contributed by atoms with Crippen molar-refractivity contribution in [1.29, 1.82) is 0 Å². The fourth-order valence-electron chi connectivity index (χ4n) is 1.50. The van der Waals surface area contributed by atoms with E-state index in [4.69, 9.17) is 5.73 Å². The Bertz CT molecular complexity index is 186. The zero-order valence-electron chi connectivity index (χ0n) is 8.19. The molecule has 5 nitrogen and oxygen atoms in total. The summed E-state index contributed by atoms with van der Waals surface area (Å²) in [6.07, 6.45) is -0.258. The maximum absolute atomic E-state index is 11.2. The van der Waals surface area contributed by atoms with E-state index in [2.05, 4.69) is 9.64 Å². The monoisotopic (exact) mass is 187 g/mol. The highest BCUT2D eigenvalue weighted by molar-refractivity contribution is 5.67. The topological polar surface area (TPSA) is 58.8 Å². The summed E-state index contributed by atoms with van der Waals surface area (Å²) in [7, 11) is 3.42. The number of carbonyl (C=O) groups excluding carboxylic acids is 1. The summed E-state index contributed by atoms with van der Waals surface area (Å²) in [6, 6.07) is 0.257. The molecule has 1 heterocycles. The normalized spacial score (nSPS) is 24.5. The zero-order chi connectivity index (χ0) is 9.84. The van der Waals surface area contributed by atoms with E-state index >= 15 is 0 Å². The van der Waals surface area contributed by atoms with Crippen molar-refractivity contribution < 1.29 is 9.53 Å². The van der Waals surface area contributed by atoms with Crippen molar-refractivity contribution in [3.63, 3.8) is 0 Å². The molecule has 0 aromatic carbocycles. The fraction of sp³-hybridized carbons (Fsp3) is 0.875. The number of ether oxygens (including phenoxy) is 1. The Labute approximate surface area is 78.4 Å². The maximum atomic E-state index is 11.2. The molecule has 13 heavy (non-hydrogen) atoms. The zero-order valence-corrected chi connectivity index (χ0v) is 8.19. The summed E-state index contributed by atoms with van der Waals surface area (Å²) >= 11 is 0. The molecule has 1 rings (SSSR count). The van der Waals surface area contributed by atoms with Crippen molar-refractivity contribution in [1.82, 2.24) is 9.80 Å². The van der Waals surface area contributed by atoms with Crippen LogP contribution in [0.25, 0.3) is 0 Å². The molecule has 0 saturated carbocycles. The van der Waals surface area contributed by atoms with Gasteiger partial charge >= 0.3 is 6.09 Å². The highest BCUT2D eigenvalue weighted by Crippen LogP contribution is 2.07. The molecule has 1 unspecified atom stereocenters. The molecular formula is C8H17N3O2. The van der Waals surface area contributed by atoms with Gasteiger partial charge in [0.25, 0.3) is 0 Å². The van der Waals surface area contributed by atoms with E-state index in [9.17, 15) is 4.79 Å². The maximum Gasteiger partial charge on any atom is 0.409 e. The van der Waals surface area contributed by atoms with Crippen LogP contribution in [0.2, 0.25) is 0 Å². The molecule has 0 spiro atoms. The second kappa shape index (κ2) is 4.43. The molecule has 1 atom stereocenters. The third-order valence-corrected chi connectivity index (χ3v) is 2.48. The first-order valence-corrected chi connectivity index (χ1v) is 4.42. The van der Waals surface area contributed by atoms with Crippen LogP contribution in [0.1, 0.15) is 0 Å². The first kappa shape index (κ1) is 10.3. The molecule has 0 aromatic heterocycles. The Morgan fingerprint density at radius 1 is 1.62 bits per heavy atom. The Morgan fingerprint density at radius 2 is 2.31 bits per heavy atom. The summed E-state index contributed by atoms with van der Waals surface area (Å²) in [5, 5.41) is 0. The van der Waals surface area contributed by atoms with Gasteiger partial charge in [0.05, 0.1) is 7.11 Å². The largest absolute Gasteiger partial charge is 0.453 e. The van der Waals surface area contributed by atoms with Crippen LogP contribution < -0.4 is 5.73 Å². The summed E-state index contributed by atoms with van der Waals surface area (Å²) in [6.45, 7) is 2.82. The average molecular weight is 187 g/mol. The predicted molar refractivity (Wildman–Crippen MR) is 49.5 cm³/mol. The number of methoxy groups -OCH3 is 1. The summed E-state index contributed by atoms with van der Waals surface area (Å²) in [5.41, 5.74) is 5.58. The minimum atomic E-state index is -0.258. The molecule has 76 valence electrons. The van der Waals surface area contributed by atoms with Crippen molar-refractivity contribution >= 4 is 6.09 Å². The first-order chi connectivity index (χ1) is 6.19. The van der Waals surface area contributed by atoms with Gasteiger partial charge in [-0.05, 0) is 7.05 Å². The van der Waals surface area contributed by atoms with E-state index in [-0.39, 0.29) is 12.1 Å². The summed E-state index contributed by atoms with van der Waals surface area (Å²) < 4.78 is 4.65. The van der Waals surface area contributed by atoms with E-state index in [1.807, 2.05) is 7.05 Å². The molecule has 0 bridgehead atoms. The van der Waals surface area contributed by atoms with E-state index in [1.54, 1.807) is 4.90 Å². The van der Waals surface area contributed by atoms with Gasteiger partial charge in [-0.3, -0.25) is 4.90 Å². The molecule has 1 aliphatic rings. The number of nitrogens with zero attached hydrogens (tertiary/aromatic N) is 2. The lowest BCUT2D eigenvalue weighted by atomic mass is 10.2. The van der Waals surface area contributed by atoms with Crippen molar-refractivity contribution in [2.45, 2.75) is 6.04 Å². The number of piperazine rings is 1. The van der Waals surface area contributed by atoms with Gasteiger partial charge < -0.3 is 15.4 Å². The van der Waals surface area contributed by atoms with Crippen LogP contribution in [0.5, 0.6) is 0 Å². The molecular weight excluding hydrogens is 170 g/mol. The smallest absolute Gasteiger partial charge is 0.409 e. The molecule has 0 radical (unpaired) electrons. The lowest BCUT2D eigenvalue weighted by Gasteiger charge is -2.37. The number of hydrogen-bond acceptors (Lipinski definition) is 4. The van der Waals surface area contributed by atoms with Crippen LogP contribution in [0, 0.1) is 0 Å². The first-order valence-electron chi connectivity index (χ1n) is 4.42. The Morgan fingerprint density at radius 3 is 2.85 bits per heavy atom. The second-order valence-electron chi connectivity index (χ2n) is 3.29. The third-order valence-electron chi connectivity index (χ3n) is 2.48. The number of carbonyl (C=O) groups is 1. The number of hydrogen-bond donors (Lipinski definition) is 1. The molecule has 0 aromatic rings. The highest BCUT2D eigenvalue weighted by Gasteiger charge is 2.26. The predicted octanol–water partition coefficient (Wildman–Crippen LogP) is -0.672. The molecule has 1 aliphatic heterocycles. The molecule has 1 saturated heterocycles. The standard InChI is InChI=1S/C8H17N3O2/c1-10-3-4-11(8(12)13-2)6-7(10)5-9/h7H,3-6,9H2,1-2H3. The minimum Gasteiger partial charge on any atom is -0.453 e. The van der Waals surface area contributed by atoms with Gasteiger partial charge in [-0.2, -0.15) is 0 Å². The van der Waals surface area contributed by atoms with Crippen LogP contribution >= 0.6 is 0 Å². The lowest BCUT2D eigenvalue weighted by molar-refractivity contribution is 0.0745. The second-order valence-corrected chi connectivity index (χ2v) is 3.29. The average Bonchev–Trinajstić information content (AvgIpc) is 2.17.